The molecule has 1 aliphatic heterocycles. The molecule has 0 unspecified atom stereocenters. The Balaban J connectivity index is 1.92. The number of hydrogen-bond acceptors (Lipinski definition) is 3. The summed E-state index contributed by atoms with van der Waals surface area (Å²) in [6, 6.07) is 0. The number of hydrogen-bond donors (Lipinski definition) is 1. The second kappa shape index (κ2) is 17.9. The van der Waals surface area contributed by atoms with Crippen molar-refractivity contribution in [2.24, 2.45) is 0 Å². The van der Waals surface area contributed by atoms with Crippen LogP contribution >= 0.6 is 0 Å². The zero-order valence-corrected chi connectivity index (χ0v) is 23.9. The smallest absolute Gasteiger partial charge is 0.146 e. The van der Waals surface area contributed by atoms with Crippen LogP contribution in [0.25, 0.3) is 0 Å². The molecule has 1 fully saturated rings. The van der Waals surface area contributed by atoms with Crippen LogP contribution in [0.15, 0.2) is 0 Å². The van der Waals surface area contributed by atoms with Crippen molar-refractivity contribution in [2.45, 2.75) is 187 Å². The zero-order valence-electron chi connectivity index (χ0n) is 23.9. The number of piperidine rings is 1. The van der Waals surface area contributed by atoms with Gasteiger partial charge in [0.15, 0.2) is 0 Å². The van der Waals surface area contributed by atoms with Gasteiger partial charge in [-0.25, -0.2) is 0 Å². The van der Waals surface area contributed by atoms with E-state index in [1.165, 1.54) is 109 Å². The summed E-state index contributed by atoms with van der Waals surface area (Å²) in [5.41, 5.74) is -0.241. The molecule has 34 heavy (non-hydrogen) atoms. The van der Waals surface area contributed by atoms with Crippen LogP contribution in [0.4, 0.5) is 0 Å². The molecule has 0 atom stereocenters. The SMILES string of the molecule is CCCCCCCCCCCCCCCCCCCCC(=O)CN1C(C)(C)CC(O)CC1(C)C. The van der Waals surface area contributed by atoms with Gasteiger partial charge in [0.05, 0.1) is 12.6 Å². The zero-order chi connectivity index (χ0) is 25.3. The third kappa shape index (κ3) is 14.2. The summed E-state index contributed by atoms with van der Waals surface area (Å²) in [4.78, 5) is 15.0. The van der Waals surface area contributed by atoms with E-state index in [0.717, 1.165) is 19.3 Å². The highest BCUT2D eigenvalue weighted by Crippen LogP contribution is 2.38. The van der Waals surface area contributed by atoms with Gasteiger partial charge < -0.3 is 5.11 Å². The van der Waals surface area contributed by atoms with Gasteiger partial charge in [-0.3, -0.25) is 9.69 Å². The van der Waals surface area contributed by atoms with E-state index < -0.39 is 0 Å². The van der Waals surface area contributed by atoms with E-state index in [-0.39, 0.29) is 17.2 Å². The van der Waals surface area contributed by atoms with Crippen molar-refractivity contribution >= 4 is 5.78 Å². The fraction of sp³-hybridized carbons (Fsp3) is 0.968. The quantitative estimate of drug-likeness (QED) is 0.167. The average Bonchev–Trinajstić information content (AvgIpc) is 2.74. The summed E-state index contributed by atoms with van der Waals surface area (Å²) in [6.45, 7) is 11.5. The number of aliphatic hydroxyl groups is 1. The molecular weight excluding hydrogens is 418 g/mol. The van der Waals surface area contributed by atoms with Crippen LogP contribution in [0.2, 0.25) is 0 Å². The molecule has 1 heterocycles. The van der Waals surface area contributed by atoms with Crippen LogP contribution in [0.5, 0.6) is 0 Å². The lowest BCUT2D eigenvalue weighted by Crippen LogP contribution is -2.62. The minimum atomic E-state index is -0.258. The maximum atomic E-state index is 12.6. The van der Waals surface area contributed by atoms with E-state index in [4.69, 9.17) is 0 Å². The minimum absolute atomic E-state index is 0.120. The lowest BCUT2D eigenvalue weighted by Gasteiger charge is -2.54. The number of aliphatic hydroxyl groups excluding tert-OH is 1. The molecule has 0 aromatic heterocycles. The third-order valence-corrected chi connectivity index (χ3v) is 8.08. The van der Waals surface area contributed by atoms with Crippen LogP contribution in [0.1, 0.15) is 169 Å². The second-order valence-electron chi connectivity index (χ2n) is 12.6. The molecule has 0 radical (unpaired) electrons. The number of carbonyl (C=O) groups excluding carboxylic acids is 1. The largest absolute Gasteiger partial charge is 0.393 e. The summed E-state index contributed by atoms with van der Waals surface area (Å²) in [7, 11) is 0. The van der Waals surface area contributed by atoms with Crippen LogP contribution < -0.4 is 0 Å². The van der Waals surface area contributed by atoms with E-state index in [1.807, 2.05) is 0 Å². The number of unbranched alkanes of at least 4 members (excludes halogenated alkanes) is 17. The molecule has 3 heteroatoms. The lowest BCUT2D eigenvalue weighted by molar-refractivity contribution is -0.130. The maximum Gasteiger partial charge on any atom is 0.146 e. The Kier molecular flexibility index (Phi) is 16.7. The molecule has 1 N–H and O–H groups in total. The highest BCUT2D eigenvalue weighted by atomic mass is 16.3. The highest BCUT2D eigenvalue weighted by Gasteiger charge is 2.45. The van der Waals surface area contributed by atoms with Crippen LogP contribution in [-0.4, -0.2) is 39.5 Å². The van der Waals surface area contributed by atoms with E-state index in [1.54, 1.807) is 0 Å². The topological polar surface area (TPSA) is 40.5 Å². The average molecular weight is 480 g/mol. The Bertz CT molecular complexity index is 496. The number of likely N-dealkylation sites (tertiary alicyclic amines) is 1. The molecule has 0 aromatic rings. The highest BCUT2D eigenvalue weighted by molar-refractivity contribution is 5.80. The first-order valence-corrected chi connectivity index (χ1v) is 15.2. The summed E-state index contributed by atoms with van der Waals surface area (Å²) in [6.07, 6.45) is 26.7. The molecule has 202 valence electrons. The molecule has 0 spiro atoms. The Labute approximate surface area is 213 Å². The van der Waals surface area contributed by atoms with Gasteiger partial charge in [0.2, 0.25) is 0 Å². The van der Waals surface area contributed by atoms with Gasteiger partial charge in [-0.1, -0.05) is 116 Å². The second-order valence-corrected chi connectivity index (χ2v) is 12.6. The predicted molar refractivity (Wildman–Crippen MR) is 149 cm³/mol. The number of ketones is 1. The summed E-state index contributed by atoms with van der Waals surface area (Å²) in [5, 5.41) is 10.2. The van der Waals surface area contributed by atoms with E-state index in [9.17, 15) is 9.90 Å². The maximum absolute atomic E-state index is 12.6. The van der Waals surface area contributed by atoms with Crippen molar-refractivity contribution in [3.8, 4) is 0 Å². The van der Waals surface area contributed by atoms with Crippen LogP contribution in [0, 0.1) is 0 Å². The Morgan fingerprint density at radius 3 is 1.32 bits per heavy atom. The predicted octanol–water partition coefficient (Wildman–Crippen LogP) is 9.00. The first-order valence-electron chi connectivity index (χ1n) is 15.2. The van der Waals surface area contributed by atoms with Crippen molar-refractivity contribution in [1.82, 2.24) is 4.90 Å². The summed E-state index contributed by atoms with van der Waals surface area (Å²) >= 11 is 0. The van der Waals surface area contributed by atoms with E-state index in [2.05, 4.69) is 39.5 Å². The van der Waals surface area contributed by atoms with Gasteiger partial charge in [-0.2, -0.15) is 0 Å². The fourth-order valence-electron chi connectivity index (χ4n) is 6.17. The molecule has 0 amide bonds. The van der Waals surface area contributed by atoms with Gasteiger partial charge in [0.1, 0.15) is 5.78 Å². The Morgan fingerprint density at radius 2 is 0.971 bits per heavy atom. The number of rotatable bonds is 21. The van der Waals surface area contributed by atoms with Gasteiger partial charge >= 0.3 is 0 Å². The molecule has 0 bridgehead atoms. The monoisotopic (exact) mass is 479 g/mol. The van der Waals surface area contributed by atoms with Gasteiger partial charge in [-0.05, 0) is 47.0 Å². The normalized spacial score (nSPS) is 18.4. The molecule has 0 saturated carbocycles. The molecule has 0 aromatic carbocycles. The van der Waals surface area contributed by atoms with Crippen molar-refractivity contribution in [3.63, 3.8) is 0 Å². The van der Waals surface area contributed by atoms with Gasteiger partial charge in [0.25, 0.3) is 0 Å². The van der Waals surface area contributed by atoms with Gasteiger partial charge in [-0.15, -0.1) is 0 Å². The fourth-order valence-corrected chi connectivity index (χ4v) is 6.17. The minimum Gasteiger partial charge on any atom is -0.393 e. The molecule has 1 rings (SSSR count). The Hall–Kier alpha value is -0.410. The van der Waals surface area contributed by atoms with E-state index in [0.29, 0.717) is 18.7 Å². The molecule has 0 aliphatic carbocycles. The molecular formula is C31H61NO2. The summed E-state index contributed by atoms with van der Waals surface area (Å²) in [5.74, 6) is 0.369. The first kappa shape index (κ1) is 31.6. The Morgan fingerprint density at radius 1 is 0.647 bits per heavy atom. The molecule has 1 saturated heterocycles. The number of carbonyl (C=O) groups is 1. The number of Topliss-reactive ketones (excluding diaryl/α,β-unsaturated/α-hetero) is 1. The van der Waals surface area contributed by atoms with Crippen molar-refractivity contribution in [1.29, 1.82) is 0 Å². The van der Waals surface area contributed by atoms with Gasteiger partial charge in [0, 0.05) is 17.5 Å². The first-order chi connectivity index (χ1) is 16.2. The third-order valence-electron chi connectivity index (χ3n) is 8.08. The summed E-state index contributed by atoms with van der Waals surface area (Å²) < 4.78 is 0. The van der Waals surface area contributed by atoms with Crippen LogP contribution in [-0.2, 0) is 4.79 Å². The number of nitrogens with zero attached hydrogens (tertiary/aromatic N) is 1. The van der Waals surface area contributed by atoms with Crippen molar-refractivity contribution < 1.29 is 9.90 Å². The standard InChI is InChI=1S/C31H61NO2/c1-6-7-8-9-10-11-12-13-14-15-16-17-18-19-20-21-22-23-24-28(33)27-32-30(2,3)25-29(34)26-31(32,4)5/h29,34H,6-27H2,1-5H3. The van der Waals surface area contributed by atoms with Crippen molar-refractivity contribution in [3.05, 3.63) is 0 Å². The van der Waals surface area contributed by atoms with Crippen molar-refractivity contribution in [2.75, 3.05) is 6.54 Å². The molecule has 1 aliphatic rings. The van der Waals surface area contributed by atoms with E-state index >= 15 is 0 Å². The molecule has 3 nitrogen and oxygen atoms in total. The lowest BCUT2D eigenvalue weighted by atomic mass is 9.78. The van der Waals surface area contributed by atoms with Crippen LogP contribution in [0.3, 0.4) is 0 Å².